The number of aryl methyl sites for hydroxylation is 3. The van der Waals surface area contributed by atoms with Gasteiger partial charge in [-0.05, 0) is 55.2 Å². The van der Waals surface area contributed by atoms with Crippen molar-refractivity contribution in [1.29, 1.82) is 0 Å². The molecule has 6 nitrogen and oxygen atoms in total. The van der Waals surface area contributed by atoms with Crippen LogP contribution in [0.4, 0.5) is 0 Å². The van der Waals surface area contributed by atoms with Crippen molar-refractivity contribution in [2.45, 2.75) is 33.4 Å². The van der Waals surface area contributed by atoms with E-state index < -0.39 is 17.7 Å². The highest BCUT2D eigenvalue weighted by Crippen LogP contribution is 2.43. The van der Waals surface area contributed by atoms with Crippen LogP contribution in [0.1, 0.15) is 39.4 Å². The summed E-state index contributed by atoms with van der Waals surface area (Å²) in [5.74, 6) is -0.565. The van der Waals surface area contributed by atoms with E-state index >= 15 is 0 Å². The summed E-state index contributed by atoms with van der Waals surface area (Å²) in [5, 5.41) is 11.6. The summed E-state index contributed by atoms with van der Waals surface area (Å²) in [6, 6.07) is 17.9. The van der Waals surface area contributed by atoms with E-state index in [2.05, 4.69) is 0 Å². The number of ether oxygens (including phenoxy) is 2. The van der Waals surface area contributed by atoms with E-state index in [-0.39, 0.29) is 17.9 Å². The van der Waals surface area contributed by atoms with Crippen LogP contribution in [0.3, 0.4) is 0 Å². The number of rotatable bonds is 6. The smallest absolute Gasteiger partial charge is 0.295 e. The van der Waals surface area contributed by atoms with E-state index in [1.165, 1.54) is 12.0 Å². The molecule has 0 aliphatic carbocycles. The van der Waals surface area contributed by atoms with Crippen LogP contribution in [0.25, 0.3) is 5.76 Å². The molecule has 4 rings (SSSR count). The third kappa shape index (κ3) is 4.28. The molecule has 0 aromatic heterocycles. The largest absolute Gasteiger partial charge is 0.507 e. The van der Waals surface area contributed by atoms with Gasteiger partial charge in [0.05, 0.1) is 37.9 Å². The molecule has 180 valence electrons. The number of carbonyl (C=O) groups is 2. The number of aliphatic hydroxyl groups excluding tert-OH is 1. The summed E-state index contributed by atoms with van der Waals surface area (Å²) in [6.07, 6.45) is 0. The van der Waals surface area contributed by atoms with Crippen molar-refractivity contribution in [1.82, 2.24) is 4.90 Å². The minimum Gasteiger partial charge on any atom is -0.507 e. The summed E-state index contributed by atoms with van der Waals surface area (Å²) in [5.41, 5.74) is 4.60. The number of carbonyl (C=O) groups excluding carboxylic acids is 2. The molecule has 1 atom stereocenters. The van der Waals surface area contributed by atoms with Crippen molar-refractivity contribution >= 4 is 17.4 Å². The fourth-order valence-corrected chi connectivity index (χ4v) is 4.82. The zero-order valence-corrected chi connectivity index (χ0v) is 20.6. The third-order valence-corrected chi connectivity index (χ3v) is 6.43. The number of aliphatic hydroxyl groups is 1. The maximum Gasteiger partial charge on any atom is 0.295 e. The number of nitrogens with zero attached hydrogens (tertiary/aromatic N) is 1. The SMILES string of the molecule is COc1ccccc1CN1C(=O)C(=O)/C(=C(/O)c2cc(C)cc(C)c2OC)C1c1ccccc1C. The Balaban J connectivity index is 1.96. The quantitative estimate of drug-likeness (QED) is 0.302. The predicted octanol–water partition coefficient (Wildman–Crippen LogP) is 5.25. The number of likely N-dealkylation sites (tertiary alicyclic amines) is 1. The molecular weight excluding hydrogens is 442 g/mol. The van der Waals surface area contributed by atoms with Crippen LogP contribution in [-0.4, -0.2) is 35.9 Å². The highest BCUT2D eigenvalue weighted by Gasteiger charge is 2.47. The molecule has 1 heterocycles. The van der Waals surface area contributed by atoms with Gasteiger partial charge in [-0.3, -0.25) is 9.59 Å². The van der Waals surface area contributed by atoms with Crippen molar-refractivity contribution in [3.05, 3.63) is 99.6 Å². The second-order valence-electron chi connectivity index (χ2n) is 8.76. The fraction of sp³-hybridized carbons (Fsp3) is 0.241. The first kappa shape index (κ1) is 24.1. The topological polar surface area (TPSA) is 76.1 Å². The number of para-hydroxylation sites is 1. The average molecular weight is 472 g/mol. The van der Waals surface area contributed by atoms with Gasteiger partial charge >= 0.3 is 0 Å². The lowest BCUT2D eigenvalue weighted by atomic mass is 9.91. The Labute approximate surface area is 205 Å². The van der Waals surface area contributed by atoms with Crippen LogP contribution >= 0.6 is 0 Å². The van der Waals surface area contributed by atoms with Crippen LogP contribution in [0.2, 0.25) is 0 Å². The first-order chi connectivity index (χ1) is 16.8. The Hall–Kier alpha value is -4.06. The Bertz CT molecular complexity index is 1340. The molecule has 1 N–H and O–H groups in total. The van der Waals surface area contributed by atoms with Crippen molar-refractivity contribution in [2.75, 3.05) is 14.2 Å². The summed E-state index contributed by atoms with van der Waals surface area (Å²) in [4.78, 5) is 28.4. The monoisotopic (exact) mass is 471 g/mol. The van der Waals surface area contributed by atoms with Gasteiger partial charge in [-0.1, -0.05) is 48.5 Å². The number of amides is 1. The molecule has 35 heavy (non-hydrogen) atoms. The van der Waals surface area contributed by atoms with Crippen molar-refractivity contribution in [3.63, 3.8) is 0 Å². The molecule has 0 bridgehead atoms. The number of hydrogen-bond acceptors (Lipinski definition) is 5. The zero-order chi connectivity index (χ0) is 25.3. The van der Waals surface area contributed by atoms with Crippen molar-refractivity contribution < 1.29 is 24.2 Å². The highest BCUT2D eigenvalue weighted by atomic mass is 16.5. The van der Waals surface area contributed by atoms with Gasteiger partial charge in [0.1, 0.15) is 17.3 Å². The van der Waals surface area contributed by atoms with Gasteiger partial charge in [0.2, 0.25) is 0 Å². The van der Waals surface area contributed by atoms with Gasteiger partial charge < -0.3 is 19.5 Å². The number of hydrogen-bond donors (Lipinski definition) is 1. The van der Waals surface area contributed by atoms with Gasteiger partial charge in [0, 0.05) is 5.56 Å². The van der Waals surface area contributed by atoms with E-state index in [9.17, 15) is 14.7 Å². The number of benzene rings is 3. The van der Waals surface area contributed by atoms with E-state index in [1.54, 1.807) is 13.2 Å². The van der Waals surface area contributed by atoms with Gasteiger partial charge in [0.15, 0.2) is 0 Å². The molecule has 1 unspecified atom stereocenters. The maximum atomic E-state index is 13.5. The third-order valence-electron chi connectivity index (χ3n) is 6.43. The Morgan fingerprint density at radius 1 is 0.914 bits per heavy atom. The van der Waals surface area contributed by atoms with Crippen LogP contribution in [-0.2, 0) is 16.1 Å². The molecule has 0 radical (unpaired) electrons. The Kier molecular flexibility index (Phi) is 6.65. The normalized spacial score (nSPS) is 17.1. The average Bonchev–Trinajstić information content (AvgIpc) is 3.08. The molecule has 0 saturated carbocycles. The lowest BCUT2D eigenvalue weighted by molar-refractivity contribution is -0.140. The molecular formula is C29H29NO5. The maximum absolute atomic E-state index is 13.5. The summed E-state index contributed by atoms with van der Waals surface area (Å²) < 4.78 is 11.1. The fourth-order valence-electron chi connectivity index (χ4n) is 4.82. The number of methoxy groups -OCH3 is 2. The number of ketones is 1. The van der Waals surface area contributed by atoms with Crippen molar-refractivity contribution in [2.24, 2.45) is 0 Å². The second kappa shape index (κ2) is 9.66. The van der Waals surface area contributed by atoms with Crippen LogP contribution in [0.5, 0.6) is 11.5 Å². The second-order valence-corrected chi connectivity index (χ2v) is 8.76. The van der Waals surface area contributed by atoms with Crippen molar-refractivity contribution in [3.8, 4) is 11.5 Å². The first-order valence-corrected chi connectivity index (χ1v) is 11.4. The standard InChI is InChI=1S/C29H29NO5/c1-17-14-19(3)28(35-5)22(15-17)26(31)24-25(21-12-8-6-10-18(21)2)30(29(33)27(24)32)16-20-11-7-9-13-23(20)34-4/h6-15,25,31H,16H2,1-5H3/b26-24+. The molecule has 6 heteroatoms. The predicted molar refractivity (Wildman–Crippen MR) is 134 cm³/mol. The van der Waals surface area contributed by atoms with E-state index in [4.69, 9.17) is 9.47 Å². The lowest BCUT2D eigenvalue weighted by Gasteiger charge is -2.27. The molecule has 3 aromatic carbocycles. The molecule has 1 aliphatic heterocycles. The number of Topliss-reactive ketones (excluding diaryl/α,β-unsaturated/α-hetero) is 1. The first-order valence-electron chi connectivity index (χ1n) is 11.4. The molecule has 1 amide bonds. The van der Waals surface area contributed by atoms with Crippen LogP contribution in [0.15, 0.2) is 66.2 Å². The van der Waals surface area contributed by atoms with Gasteiger partial charge in [-0.15, -0.1) is 0 Å². The Morgan fingerprint density at radius 2 is 1.60 bits per heavy atom. The highest BCUT2D eigenvalue weighted by molar-refractivity contribution is 6.46. The molecule has 1 aliphatic rings. The van der Waals surface area contributed by atoms with Crippen LogP contribution < -0.4 is 9.47 Å². The van der Waals surface area contributed by atoms with E-state index in [0.29, 0.717) is 17.1 Å². The molecule has 1 saturated heterocycles. The summed E-state index contributed by atoms with van der Waals surface area (Å²) in [7, 11) is 3.09. The van der Waals surface area contributed by atoms with Gasteiger partial charge in [-0.2, -0.15) is 0 Å². The molecule has 0 spiro atoms. The Morgan fingerprint density at radius 3 is 2.29 bits per heavy atom. The van der Waals surface area contributed by atoms with Crippen LogP contribution in [0, 0.1) is 20.8 Å². The van der Waals surface area contributed by atoms with Gasteiger partial charge in [0.25, 0.3) is 11.7 Å². The lowest BCUT2D eigenvalue weighted by Crippen LogP contribution is -2.29. The molecule has 1 fully saturated rings. The minimum atomic E-state index is -0.772. The summed E-state index contributed by atoms with van der Waals surface area (Å²) in [6.45, 7) is 5.86. The van der Waals surface area contributed by atoms with E-state index in [0.717, 1.165) is 27.8 Å². The van der Waals surface area contributed by atoms with E-state index in [1.807, 2.05) is 75.4 Å². The zero-order valence-electron chi connectivity index (χ0n) is 20.6. The molecule has 3 aromatic rings. The minimum absolute atomic E-state index is 0.0440. The van der Waals surface area contributed by atoms with Gasteiger partial charge in [-0.25, -0.2) is 0 Å². The summed E-state index contributed by atoms with van der Waals surface area (Å²) >= 11 is 0.